The molecule has 2 aromatic rings. The number of halogens is 1. The minimum atomic E-state index is -0.885. The van der Waals surface area contributed by atoms with Crippen LogP contribution in [0, 0.1) is 5.92 Å². The van der Waals surface area contributed by atoms with Crippen molar-refractivity contribution in [3.05, 3.63) is 44.7 Å². The van der Waals surface area contributed by atoms with Crippen molar-refractivity contribution in [2.45, 2.75) is 20.4 Å². The number of carbonyl (C=O) groups is 3. The summed E-state index contributed by atoms with van der Waals surface area (Å²) in [6, 6.07) is 5.67. The summed E-state index contributed by atoms with van der Waals surface area (Å²) in [7, 11) is 0. The van der Waals surface area contributed by atoms with E-state index in [9.17, 15) is 19.2 Å². The Morgan fingerprint density at radius 2 is 1.72 bits per heavy atom. The van der Waals surface area contributed by atoms with E-state index in [0.29, 0.717) is 16.5 Å². The number of imide groups is 2. The van der Waals surface area contributed by atoms with Gasteiger partial charge in [-0.15, -0.1) is 0 Å². The molecule has 0 saturated carbocycles. The van der Waals surface area contributed by atoms with E-state index in [0.717, 1.165) is 14.3 Å². The van der Waals surface area contributed by atoms with Gasteiger partial charge in [0.25, 0.3) is 0 Å². The molecule has 0 spiro atoms. The Balaban J connectivity index is 1.99. The number of fused-ring (bicyclic) bond motifs is 1. The molecule has 0 unspecified atom stereocenters. The smallest absolute Gasteiger partial charge is 0.336 e. The van der Waals surface area contributed by atoms with Crippen molar-refractivity contribution in [1.29, 1.82) is 0 Å². The molecule has 0 bridgehead atoms. The van der Waals surface area contributed by atoms with Crippen molar-refractivity contribution in [1.82, 2.24) is 9.80 Å². The molecule has 1 aliphatic rings. The maximum Gasteiger partial charge on any atom is 0.336 e. The first kappa shape index (κ1) is 17.3. The van der Waals surface area contributed by atoms with Crippen LogP contribution in [0.5, 0.6) is 0 Å². The molecule has 0 aliphatic carbocycles. The minimum Gasteiger partial charge on any atom is -0.423 e. The molecule has 0 radical (unpaired) electrons. The molecule has 1 aromatic heterocycles. The summed E-state index contributed by atoms with van der Waals surface area (Å²) in [5, 5.41) is 0.596. The molecule has 8 heteroatoms. The summed E-state index contributed by atoms with van der Waals surface area (Å²) in [4.78, 5) is 50.3. The molecule has 1 aliphatic heterocycles. The normalized spacial score (nSPS) is 15.1. The van der Waals surface area contributed by atoms with E-state index >= 15 is 0 Å². The highest BCUT2D eigenvalue weighted by molar-refractivity contribution is 9.10. The van der Waals surface area contributed by atoms with Gasteiger partial charge in [0.15, 0.2) is 0 Å². The number of hydrogen-bond donors (Lipinski definition) is 0. The quantitative estimate of drug-likeness (QED) is 0.442. The van der Waals surface area contributed by atoms with Crippen LogP contribution in [0.2, 0.25) is 0 Å². The van der Waals surface area contributed by atoms with Crippen molar-refractivity contribution < 1.29 is 18.8 Å². The molecule has 3 rings (SSSR count). The Morgan fingerprint density at radius 1 is 1.04 bits per heavy atom. The summed E-state index contributed by atoms with van der Waals surface area (Å²) >= 11 is 3.30. The number of benzene rings is 1. The second-order valence-electron chi connectivity index (χ2n) is 6.21. The molecule has 7 nitrogen and oxygen atoms in total. The molecule has 0 atom stereocenters. The van der Waals surface area contributed by atoms with Crippen molar-refractivity contribution in [2.24, 2.45) is 5.92 Å². The zero-order chi connectivity index (χ0) is 18.3. The third kappa shape index (κ3) is 3.21. The van der Waals surface area contributed by atoms with Crippen LogP contribution in [0.3, 0.4) is 0 Å². The van der Waals surface area contributed by atoms with E-state index in [2.05, 4.69) is 15.9 Å². The Kier molecular flexibility index (Phi) is 4.47. The second-order valence-corrected chi connectivity index (χ2v) is 7.13. The second kappa shape index (κ2) is 6.44. The lowest BCUT2D eigenvalue weighted by Gasteiger charge is -2.17. The summed E-state index contributed by atoms with van der Waals surface area (Å²) in [6.45, 7) is 3.70. The van der Waals surface area contributed by atoms with E-state index in [1.807, 2.05) is 13.8 Å². The Morgan fingerprint density at radius 3 is 2.40 bits per heavy atom. The average Bonchev–Trinajstić information content (AvgIpc) is 2.71. The highest BCUT2D eigenvalue weighted by atomic mass is 79.9. The topological polar surface area (TPSA) is 87.9 Å². The molecule has 2 heterocycles. The van der Waals surface area contributed by atoms with E-state index in [1.165, 1.54) is 6.07 Å². The van der Waals surface area contributed by atoms with Crippen molar-refractivity contribution >= 4 is 44.7 Å². The van der Waals surface area contributed by atoms with Crippen LogP contribution >= 0.6 is 15.9 Å². The van der Waals surface area contributed by atoms with Gasteiger partial charge in [0.1, 0.15) is 5.58 Å². The van der Waals surface area contributed by atoms with Crippen LogP contribution in [-0.2, 0) is 16.1 Å². The average molecular weight is 407 g/mol. The van der Waals surface area contributed by atoms with Gasteiger partial charge in [-0.2, -0.15) is 0 Å². The summed E-state index contributed by atoms with van der Waals surface area (Å²) < 4.78 is 5.87. The molecular formula is C17H15BrN2O5. The van der Waals surface area contributed by atoms with Gasteiger partial charge in [0, 0.05) is 22.5 Å². The largest absolute Gasteiger partial charge is 0.423 e. The lowest BCUT2D eigenvalue weighted by atomic mass is 10.1. The monoisotopic (exact) mass is 406 g/mol. The molecular weight excluding hydrogens is 392 g/mol. The molecule has 4 amide bonds. The van der Waals surface area contributed by atoms with E-state index in [4.69, 9.17) is 4.42 Å². The van der Waals surface area contributed by atoms with Gasteiger partial charge < -0.3 is 4.42 Å². The van der Waals surface area contributed by atoms with Gasteiger partial charge in [-0.05, 0) is 29.7 Å². The maximum atomic E-state index is 12.4. The zero-order valence-electron chi connectivity index (χ0n) is 13.6. The fourth-order valence-corrected chi connectivity index (χ4v) is 3.06. The fraction of sp³-hybridized carbons (Fsp3) is 0.294. The summed E-state index contributed by atoms with van der Waals surface area (Å²) in [5.74, 6) is -1.68. The SMILES string of the molecule is CC(C)CN1C(=O)C(=O)N(Cc2cc(=O)oc3cc(Br)ccc23)C1=O. The van der Waals surface area contributed by atoms with Gasteiger partial charge in [-0.1, -0.05) is 29.8 Å². The predicted octanol–water partition coefficient (Wildman–Crippen LogP) is 2.50. The van der Waals surface area contributed by atoms with Gasteiger partial charge in [0.2, 0.25) is 0 Å². The van der Waals surface area contributed by atoms with E-state index in [-0.39, 0.29) is 19.0 Å². The highest BCUT2D eigenvalue weighted by Gasteiger charge is 2.44. The molecule has 25 heavy (non-hydrogen) atoms. The third-order valence-electron chi connectivity index (χ3n) is 3.80. The molecule has 130 valence electrons. The van der Waals surface area contributed by atoms with Crippen LogP contribution in [0.1, 0.15) is 19.4 Å². The zero-order valence-corrected chi connectivity index (χ0v) is 15.2. The number of carbonyl (C=O) groups excluding carboxylic acids is 3. The van der Waals surface area contributed by atoms with Crippen LogP contribution in [0.15, 0.2) is 37.9 Å². The number of nitrogens with zero attached hydrogens (tertiary/aromatic N) is 2. The Hall–Kier alpha value is -2.48. The first-order valence-electron chi connectivity index (χ1n) is 7.67. The first-order valence-corrected chi connectivity index (χ1v) is 8.47. The van der Waals surface area contributed by atoms with E-state index in [1.54, 1.807) is 18.2 Å². The van der Waals surface area contributed by atoms with Crippen molar-refractivity contribution in [3.8, 4) is 0 Å². The maximum absolute atomic E-state index is 12.4. The van der Waals surface area contributed by atoms with Gasteiger partial charge in [-0.3, -0.25) is 19.4 Å². The predicted molar refractivity (Wildman–Crippen MR) is 92.7 cm³/mol. The van der Waals surface area contributed by atoms with Crippen LogP contribution < -0.4 is 5.63 Å². The van der Waals surface area contributed by atoms with Crippen LogP contribution in [0.4, 0.5) is 4.79 Å². The van der Waals surface area contributed by atoms with Crippen molar-refractivity contribution in [2.75, 3.05) is 6.54 Å². The van der Waals surface area contributed by atoms with E-state index < -0.39 is 23.5 Å². The van der Waals surface area contributed by atoms with Gasteiger partial charge in [-0.25, -0.2) is 9.59 Å². The Bertz CT molecular complexity index is 950. The fourth-order valence-electron chi connectivity index (χ4n) is 2.72. The molecule has 1 fully saturated rings. The number of amides is 4. The van der Waals surface area contributed by atoms with Crippen LogP contribution in [-0.4, -0.2) is 34.2 Å². The molecule has 1 saturated heterocycles. The lowest BCUT2D eigenvalue weighted by molar-refractivity contribution is -0.143. The highest BCUT2D eigenvalue weighted by Crippen LogP contribution is 2.24. The molecule has 1 aromatic carbocycles. The molecule has 0 N–H and O–H groups in total. The number of hydrogen-bond acceptors (Lipinski definition) is 5. The van der Waals surface area contributed by atoms with Crippen molar-refractivity contribution in [3.63, 3.8) is 0 Å². The summed E-state index contributed by atoms with van der Waals surface area (Å²) in [5.41, 5.74) is 0.186. The Labute approximate surface area is 151 Å². The van der Waals surface area contributed by atoms with Gasteiger partial charge in [0.05, 0.1) is 6.54 Å². The van der Waals surface area contributed by atoms with Gasteiger partial charge >= 0.3 is 23.5 Å². The number of urea groups is 1. The lowest BCUT2D eigenvalue weighted by Crippen LogP contribution is -2.35. The minimum absolute atomic E-state index is 0.0441. The first-order chi connectivity index (χ1) is 11.8. The number of rotatable bonds is 4. The third-order valence-corrected chi connectivity index (χ3v) is 4.30. The van der Waals surface area contributed by atoms with Crippen LogP contribution in [0.25, 0.3) is 11.0 Å². The standard InChI is InChI=1S/C17H15BrN2O5/c1-9(2)7-19-15(22)16(23)20(17(19)24)8-10-5-14(21)25-13-6-11(18)3-4-12(10)13/h3-6,9H,7-8H2,1-2H3. The summed E-state index contributed by atoms with van der Waals surface area (Å²) in [6.07, 6.45) is 0.